The van der Waals surface area contributed by atoms with Crippen molar-refractivity contribution in [1.82, 2.24) is 20.1 Å². The normalized spacial score (nSPS) is 10.8. The van der Waals surface area contributed by atoms with Crippen LogP contribution in [0, 0.1) is 0 Å². The van der Waals surface area contributed by atoms with Crippen LogP contribution >= 0.6 is 11.8 Å². The summed E-state index contributed by atoms with van der Waals surface area (Å²) in [4.78, 5) is 12.1. The number of ether oxygens (including phenoxy) is 1. The zero-order chi connectivity index (χ0) is 20.5. The van der Waals surface area contributed by atoms with Crippen molar-refractivity contribution in [2.45, 2.75) is 44.9 Å². The first-order valence-electron chi connectivity index (χ1n) is 9.79. The Morgan fingerprint density at radius 1 is 1.21 bits per heavy atom. The largest absolute Gasteiger partial charge is 0.494 e. The van der Waals surface area contributed by atoms with Gasteiger partial charge in [0, 0.05) is 12.1 Å². The van der Waals surface area contributed by atoms with Gasteiger partial charge in [-0.2, -0.15) is 0 Å². The fourth-order valence-electron chi connectivity index (χ4n) is 2.71. The number of nitrogens with zero attached hydrogens (tertiary/aromatic N) is 3. The first-order chi connectivity index (χ1) is 14.2. The maximum Gasteiger partial charge on any atom is 0.230 e. The molecule has 1 amide bonds. The molecule has 7 nitrogen and oxygen atoms in total. The van der Waals surface area contributed by atoms with Crippen molar-refractivity contribution in [2.75, 3.05) is 12.4 Å². The second-order valence-corrected chi connectivity index (χ2v) is 7.36. The number of hydrogen-bond acceptors (Lipinski definition) is 6. The van der Waals surface area contributed by atoms with Crippen molar-refractivity contribution in [2.24, 2.45) is 0 Å². The molecule has 2 heterocycles. The molecule has 0 radical (unpaired) electrons. The molecule has 3 aromatic rings. The van der Waals surface area contributed by atoms with Gasteiger partial charge in [-0.1, -0.05) is 25.1 Å². The van der Waals surface area contributed by atoms with Crippen LogP contribution in [0.3, 0.4) is 0 Å². The lowest BCUT2D eigenvalue weighted by Gasteiger charge is -2.09. The predicted molar refractivity (Wildman–Crippen MR) is 113 cm³/mol. The van der Waals surface area contributed by atoms with Crippen molar-refractivity contribution in [1.29, 1.82) is 0 Å². The quantitative estimate of drug-likeness (QED) is 0.375. The van der Waals surface area contributed by atoms with E-state index in [0.29, 0.717) is 13.1 Å². The summed E-state index contributed by atoms with van der Waals surface area (Å²) in [6.45, 7) is 6.00. The number of aromatic nitrogens is 3. The van der Waals surface area contributed by atoms with Crippen LogP contribution in [0.1, 0.15) is 32.4 Å². The average Bonchev–Trinajstić information content (AvgIpc) is 3.41. The summed E-state index contributed by atoms with van der Waals surface area (Å²) in [5.41, 5.74) is 0.969. The van der Waals surface area contributed by atoms with Gasteiger partial charge in [0.1, 0.15) is 11.5 Å². The van der Waals surface area contributed by atoms with Crippen molar-refractivity contribution < 1.29 is 13.9 Å². The van der Waals surface area contributed by atoms with Crippen LogP contribution in [0.5, 0.6) is 5.75 Å². The Labute approximate surface area is 174 Å². The molecule has 29 heavy (non-hydrogen) atoms. The van der Waals surface area contributed by atoms with Gasteiger partial charge >= 0.3 is 0 Å². The molecule has 0 aliphatic heterocycles. The zero-order valence-electron chi connectivity index (χ0n) is 16.8. The highest BCUT2D eigenvalue weighted by Crippen LogP contribution is 2.25. The van der Waals surface area contributed by atoms with E-state index in [4.69, 9.17) is 9.15 Å². The Morgan fingerprint density at radius 3 is 2.72 bits per heavy atom. The summed E-state index contributed by atoms with van der Waals surface area (Å²) in [6.07, 6.45) is 3.74. The minimum Gasteiger partial charge on any atom is -0.494 e. The Hall–Kier alpha value is -2.74. The predicted octanol–water partition coefficient (Wildman–Crippen LogP) is 4.15. The topological polar surface area (TPSA) is 82.2 Å². The molecule has 0 bridgehead atoms. The minimum absolute atomic E-state index is 0.0767. The number of hydrogen-bond donors (Lipinski definition) is 1. The molecule has 154 valence electrons. The maximum atomic E-state index is 12.1. The van der Waals surface area contributed by atoms with E-state index in [0.717, 1.165) is 47.5 Å². The second kappa shape index (κ2) is 10.7. The van der Waals surface area contributed by atoms with Gasteiger partial charge in [0.2, 0.25) is 5.91 Å². The van der Waals surface area contributed by atoms with Gasteiger partial charge in [-0.05, 0) is 49.7 Å². The third-order valence-electron chi connectivity index (χ3n) is 4.28. The number of benzene rings is 1. The van der Waals surface area contributed by atoms with E-state index in [1.54, 1.807) is 12.3 Å². The summed E-state index contributed by atoms with van der Waals surface area (Å²) in [6, 6.07) is 11.5. The summed E-state index contributed by atoms with van der Waals surface area (Å²) in [7, 11) is 0. The van der Waals surface area contributed by atoms with Gasteiger partial charge in [0.15, 0.2) is 11.0 Å². The summed E-state index contributed by atoms with van der Waals surface area (Å²) in [5, 5.41) is 12.2. The monoisotopic (exact) mass is 414 g/mol. The number of furan rings is 1. The van der Waals surface area contributed by atoms with Gasteiger partial charge in [-0.25, -0.2) is 0 Å². The lowest BCUT2D eigenvalue weighted by molar-refractivity contribution is -0.118. The van der Waals surface area contributed by atoms with Crippen LogP contribution in [-0.4, -0.2) is 33.0 Å². The molecule has 0 fully saturated rings. The van der Waals surface area contributed by atoms with Crippen LogP contribution in [0.25, 0.3) is 11.4 Å². The SMILES string of the molecule is CCCCOc1ccc(-c2nnc(SCC(=O)NCc3ccco3)n2CC)cc1. The second-order valence-electron chi connectivity index (χ2n) is 6.42. The van der Waals surface area contributed by atoms with Crippen molar-refractivity contribution in [3.63, 3.8) is 0 Å². The summed E-state index contributed by atoms with van der Waals surface area (Å²) < 4.78 is 12.9. The third-order valence-corrected chi connectivity index (χ3v) is 5.25. The number of thioether (sulfide) groups is 1. The van der Waals surface area contributed by atoms with Crippen LogP contribution in [-0.2, 0) is 17.9 Å². The number of rotatable bonds is 11. The maximum absolute atomic E-state index is 12.1. The van der Waals surface area contributed by atoms with Crippen LogP contribution in [0.4, 0.5) is 0 Å². The van der Waals surface area contributed by atoms with E-state index >= 15 is 0 Å². The summed E-state index contributed by atoms with van der Waals surface area (Å²) >= 11 is 1.37. The zero-order valence-corrected chi connectivity index (χ0v) is 17.6. The minimum atomic E-state index is -0.0767. The molecular weight excluding hydrogens is 388 g/mol. The molecular formula is C21H26N4O3S. The summed E-state index contributed by atoms with van der Waals surface area (Å²) in [5.74, 6) is 2.55. The van der Waals surface area contributed by atoms with Crippen LogP contribution < -0.4 is 10.1 Å². The first kappa shape index (κ1) is 21.0. The highest BCUT2D eigenvalue weighted by Gasteiger charge is 2.15. The molecule has 0 unspecified atom stereocenters. The van der Waals surface area contributed by atoms with Crippen LogP contribution in [0.2, 0.25) is 0 Å². The highest BCUT2D eigenvalue weighted by molar-refractivity contribution is 7.99. The first-order valence-corrected chi connectivity index (χ1v) is 10.8. The molecule has 0 saturated heterocycles. The molecule has 0 atom stereocenters. The van der Waals surface area contributed by atoms with E-state index in [1.807, 2.05) is 41.8 Å². The van der Waals surface area contributed by atoms with Crippen molar-refractivity contribution in [3.8, 4) is 17.1 Å². The van der Waals surface area contributed by atoms with Gasteiger partial charge in [-0.3, -0.25) is 4.79 Å². The van der Waals surface area contributed by atoms with E-state index in [-0.39, 0.29) is 11.7 Å². The third kappa shape index (κ3) is 5.87. The molecule has 0 saturated carbocycles. The van der Waals surface area contributed by atoms with Gasteiger partial charge < -0.3 is 19.0 Å². The Kier molecular flexibility index (Phi) is 7.75. The van der Waals surface area contributed by atoms with E-state index in [1.165, 1.54) is 11.8 Å². The lowest BCUT2D eigenvalue weighted by Crippen LogP contribution is -2.24. The van der Waals surface area contributed by atoms with Crippen LogP contribution in [0.15, 0.2) is 52.2 Å². The van der Waals surface area contributed by atoms with Gasteiger partial charge in [0.05, 0.1) is 25.2 Å². The van der Waals surface area contributed by atoms with Crippen molar-refractivity contribution in [3.05, 3.63) is 48.4 Å². The molecule has 8 heteroatoms. The standard InChI is InChI=1S/C21H26N4O3S/c1-3-5-12-27-17-10-8-16(9-11-17)20-23-24-21(25(20)4-2)29-15-19(26)22-14-18-7-6-13-28-18/h6-11,13H,3-5,12,14-15H2,1-2H3,(H,22,26). The van der Waals surface area contributed by atoms with E-state index < -0.39 is 0 Å². The van der Waals surface area contributed by atoms with E-state index in [9.17, 15) is 4.79 Å². The molecule has 0 spiro atoms. The molecule has 2 aromatic heterocycles. The Morgan fingerprint density at radius 2 is 2.03 bits per heavy atom. The molecule has 0 aliphatic carbocycles. The lowest BCUT2D eigenvalue weighted by atomic mass is 10.2. The molecule has 1 N–H and O–H groups in total. The number of amides is 1. The highest BCUT2D eigenvalue weighted by atomic mass is 32.2. The molecule has 0 aliphatic rings. The number of unbranched alkanes of at least 4 members (excludes halogenated alkanes) is 1. The Bertz CT molecular complexity index is 891. The van der Waals surface area contributed by atoms with Gasteiger partial charge in [-0.15, -0.1) is 10.2 Å². The number of carbonyl (C=O) groups excluding carboxylic acids is 1. The fraction of sp³-hybridized carbons (Fsp3) is 0.381. The van der Waals surface area contributed by atoms with E-state index in [2.05, 4.69) is 22.4 Å². The smallest absolute Gasteiger partial charge is 0.230 e. The average molecular weight is 415 g/mol. The van der Waals surface area contributed by atoms with Gasteiger partial charge in [0.25, 0.3) is 0 Å². The van der Waals surface area contributed by atoms with Crippen molar-refractivity contribution >= 4 is 17.7 Å². The molecule has 1 aromatic carbocycles. The fourth-order valence-corrected chi connectivity index (χ4v) is 3.54. The number of nitrogens with one attached hydrogen (secondary N) is 1. The Balaban J connectivity index is 1.58. The molecule has 3 rings (SSSR count). The number of carbonyl (C=O) groups is 1.